The first-order chi connectivity index (χ1) is 13.8. The Kier molecular flexibility index (Phi) is 6.06. The fourth-order valence-electron chi connectivity index (χ4n) is 3.38. The first-order valence-electron chi connectivity index (χ1n) is 9.58. The Balaban J connectivity index is 1.64. The molecule has 29 heavy (non-hydrogen) atoms. The minimum Gasteiger partial charge on any atom is -0.495 e. The second-order valence-corrected chi connectivity index (χ2v) is 7.51. The number of carbonyl (C=O) groups excluding carboxylic acids is 2. The lowest BCUT2D eigenvalue weighted by atomic mass is 9.89. The van der Waals surface area contributed by atoms with Crippen LogP contribution < -0.4 is 15.0 Å². The third-order valence-electron chi connectivity index (χ3n) is 5.22. The standard InChI is InChI=1S/C22H26FN3O3/c1-22(2,20(27)24-17-9-5-4-8-16(17)23)21(28)26-14-12-25(13-15-26)18-10-6-7-11-19(18)29-3/h4-11H,12-15H2,1-3H3,(H,24,27). The van der Waals surface area contributed by atoms with Gasteiger partial charge in [-0.3, -0.25) is 9.59 Å². The number of hydrogen-bond acceptors (Lipinski definition) is 4. The Bertz CT molecular complexity index is 892. The summed E-state index contributed by atoms with van der Waals surface area (Å²) in [5.74, 6) is -0.544. The van der Waals surface area contributed by atoms with E-state index in [2.05, 4.69) is 10.2 Å². The zero-order valence-electron chi connectivity index (χ0n) is 16.9. The number of halogens is 1. The number of ether oxygens (including phenoxy) is 1. The molecule has 0 atom stereocenters. The number of carbonyl (C=O) groups is 2. The van der Waals surface area contributed by atoms with Gasteiger partial charge in [-0.05, 0) is 38.1 Å². The van der Waals surface area contributed by atoms with E-state index in [1.54, 1.807) is 38.0 Å². The highest BCUT2D eigenvalue weighted by Crippen LogP contribution is 2.29. The minimum atomic E-state index is -1.31. The van der Waals surface area contributed by atoms with Crippen molar-refractivity contribution in [2.75, 3.05) is 43.5 Å². The predicted octanol–water partition coefficient (Wildman–Crippen LogP) is 3.15. The molecule has 0 radical (unpaired) electrons. The molecule has 1 saturated heterocycles. The number of amides is 2. The maximum absolute atomic E-state index is 13.8. The molecule has 1 aliphatic heterocycles. The van der Waals surface area contributed by atoms with E-state index >= 15 is 0 Å². The van der Waals surface area contributed by atoms with Crippen LogP contribution in [0.15, 0.2) is 48.5 Å². The molecule has 2 amide bonds. The van der Waals surface area contributed by atoms with Crippen LogP contribution in [-0.4, -0.2) is 50.0 Å². The van der Waals surface area contributed by atoms with E-state index in [9.17, 15) is 14.0 Å². The highest BCUT2D eigenvalue weighted by Gasteiger charge is 2.40. The van der Waals surface area contributed by atoms with Crippen molar-refractivity contribution in [3.63, 3.8) is 0 Å². The van der Waals surface area contributed by atoms with Gasteiger partial charge in [0.2, 0.25) is 11.8 Å². The summed E-state index contributed by atoms with van der Waals surface area (Å²) in [4.78, 5) is 29.6. The average Bonchev–Trinajstić information content (AvgIpc) is 2.74. The van der Waals surface area contributed by atoms with Gasteiger partial charge in [-0.2, -0.15) is 0 Å². The van der Waals surface area contributed by atoms with Crippen LogP contribution in [0.4, 0.5) is 15.8 Å². The van der Waals surface area contributed by atoms with Crippen molar-refractivity contribution in [3.8, 4) is 5.75 Å². The van der Waals surface area contributed by atoms with E-state index in [0.29, 0.717) is 26.2 Å². The van der Waals surface area contributed by atoms with Gasteiger partial charge in [0.15, 0.2) is 0 Å². The van der Waals surface area contributed by atoms with Crippen LogP contribution in [0.1, 0.15) is 13.8 Å². The van der Waals surface area contributed by atoms with Crippen molar-refractivity contribution in [2.24, 2.45) is 5.41 Å². The Morgan fingerprint density at radius 3 is 2.28 bits per heavy atom. The summed E-state index contributed by atoms with van der Waals surface area (Å²) < 4.78 is 19.3. The molecular weight excluding hydrogens is 373 g/mol. The van der Waals surface area contributed by atoms with Crippen molar-refractivity contribution in [3.05, 3.63) is 54.3 Å². The topological polar surface area (TPSA) is 61.9 Å². The first-order valence-corrected chi connectivity index (χ1v) is 9.58. The normalized spacial score (nSPS) is 14.5. The molecule has 1 N–H and O–H groups in total. The zero-order chi connectivity index (χ0) is 21.0. The molecule has 0 aliphatic carbocycles. The minimum absolute atomic E-state index is 0.0689. The van der Waals surface area contributed by atoms with Crippen LogP contribution in [-0.2, 0) is 9.59 Å². The Labute approximate surface area is 170 Å². The lowest BCUT2D eigenvalue weighted by molar-refractivity contribution is -0.146. The molecule has 0 spiro atoms. The van der Waals surface area contributed by atoms with Crippen LogP contribution in [0, 0.1) is 11.2 Å². The highest BCUT2D eigenvalue weighted by atomic mass is 19.1. The number of para-hydroxylation sites is 3. The lowest BCUT2D eigenvalue weighted by Crippen LogP contribution is -2.54. The van der Waals surface area contributed by atoms with Gasteiger partial charge in [-0.1, -0.05) is 24.3 Å². The number of anilines is 2. The molecule has 1 aliphatic rings. The van der Waals surface area contributed by atoms with Gasteiger partial charge >= 0.3 is 0 Å². The molecule has 0 saturated carbocycles. The lowest BCUT2D eigenvalue weighted by Gasteiger charge is -2.39. The summed E-state index contributed by atoms with van der Waals surface area (Å²) in [5, 5.41) is 2.53. The summed E-state index contributed by atoms with van der Waals surface area (Å²) in [5.41, 5.74) is -0.257. The summed E-state index contributed by atoms with van der Waals surface area (Å²) in [7, 11) is 1.63. The Morgan fingerprint density at radius 1 is 1.00 bits per heavy atom. The van der Waals surface area contributed by atoms with Crippen molar-refractivity contribution >= 4 is 23.2 Å². The number of hydrogen-bond donors (Lipinski definition) is 1. The molecule has 1 fully saturated rings. The van der Waals surface area contributed by atoms with Gasteiger partial charge in [-0.15, -0.1) is 0 Å². The maximum atomic E-state index is 13.8. The molecular formula is C22H26FN3O3. The Hall–Kier alpha value is -3.09. The number of nitrogens with zero attached hydrogens (tertiary/aromatic N) is 2. The fraction of sp³-hybridized carbons (Fsp3) is 0.364. The number of methoxy groups -OCH3 is 1. The number of rotatable bonds is 5. The zero-order valence-corrected chi connectivity index (χ0v) is 16.9. The molecule has 2 aromatic carbocycles. The molecule has 2 aromatic rings. The van der Waals surface area contributed by atoms with Crippen molar-refractivity contribution in [1.82, 2.24) is 4.90 Å². The SMILES string of the molecule is COc1ccccc1N1CCN(C(=O)C(C)(C)C(=O)Nc2ccccc2F)CC1. The monoisotopic (exact) mass is 399 g/mol. The molecule has 0 unspecified atom stereocenters. The van der Waals surface area contributed by atoms with Gasteiger partial charge in [0.05, 0.1) is 18.5 Å². The van der Waals surface area contributed by atoms with Crippen molar-refractivity contribution < 1.29 is 18.7 Å². The first kappa shape index (κ1) is 20.6. The van der Waals surface area contributed by atoms with Crippen molar-refractivity contribution in [1.29, 1.82) is 0 Å². The quantitative estimate of drug-likeness (QED) is 0.785. The maximum Gasteiger partial charge on any atom is 0.239 e. The average molecular weight is 399 g/mol. The second kappa shape index (κ2) is 8.51. The van der Waals surface area contributed by atoms with Crippen LogP contribution in [0.2, 0.25) is 0 Å². The number of piperazine rings is 1. The molecule has 0 bridgehead atoms. The second-order valence-electron chi connectivity index (χ2n) is 7.51. The molecule has 0 aromatic heterocycles. The molecule has 3 rings (SSSR count). The molecule has 154 valence electrons. The van der Waals surface area contributed by atoms with E-state index in [1.165, 1.54) is 12.1 Å². The summed E-state index contributed by atoms with van der Waals surface area (Å²) >= 11 is 0. The van der Waals surface area contributed by atoms with Gasteiger partial charge in [-0.25, -0.2) is 4.39 Å². The third-order valence-corrected chi connectivity index (χ3v) is 5.22. The van der Waals surface area contributed by atoms with Gasteiger partial charge < -0.3 is 19.9 Å². The van der Waals surface area contributed by atoms with E-state index in [4.69, 9.17) is 4.74 Å². The van der Waals surface area contributed by atoms with Crippen molar-refractivity contribution in [2.45, 2.75) is 13.8 Å². The largest absolute Gasteiger partial charge is 0.495 e. The summed E-state index contributed by atoms with van der Waals surface area (Å²) in [6, 6.07) is 13.7. The van der Waals surface area contributed by atoms with E-state index < -0.39 is 17.1 Å². The van der Waals surface area contributed by atoms with Gasteiger partial charge in [0.25, 0.3) is 0 Å². The van der Waals surface area contributed by atoms with E-state index in [1.807, 2.05) is 24.3 Å². The summed E-state index contributed by atoms with van der Waals surface area (Å²) in [6.07, 6.45) is 0. The van der Waals surface area contributed by atoms with Crippen LogP contribution in [0.25, 0.3) is 0 Å². The number of benzene rings is 2. The van der Waals surface area contributed by atoms with E-state index in [0.717, 1.165) is 11.4 Å². The molecule has 7 heteroatoms. The van der Waals surface area contributed by atoms with Gasteiger partial charge in [0.1, 0.15) is 17.0 Å². The predicted molar refractivity (Wildman–Crippen MR) is 111 cm³/mol. The van der Waals surface area contributed by atoms with Crippen LogP contribution in [0.3, 0.4) is 0 Å². The number of nitrogens with one attached hydrogen (secondary N) is 1. The van der Waals surface area contributed by atoms with Gasteiger partial charge in [0, 0.05) is 26.2 Å². The van der Waals surface area contributed by atoms with Crippen LogP contribution >= 0.6 is 0 Å². The van der Waals surface area contributed by atoms with E-state index in [-0.39, 0.29) is 11.6 Å². The smallest absolute Gasteiger partial charge is 0.239 e. The van der Waals surface area contributed by atoms with Crippen LogP contribution in [0.5, 0.6) is 5.75 Å². The third kappa shape index (κ3) is 4.34. The molecule has 6 nitrogen and oxygen atoms in total. The highest BCUT2D eigenvalue weighted by molar-refractivity contribution is 6.09. The fourth-order valence-corrected chi connectivity index (χ4v) is 3.38. The Morgan fingerprint density at radius 2 is 1.62 bits per heavy atom. The summed E-state index contributed by atoms with van der Waals surface area (Å²) in [6.45, 7) is 5.39. The molecule has 1 heterocycles.